The summed E-state index contributed by atoms with van der Waals surface area (Å²) in [5.74, 6) is -2.10. The van der Waals surface area contributed by atoms with E-state index in [0.717, 1.165) is 158 Å². The fourth-order valence-electron chi connectivity index (χ4n) is 14.2. The van der Waals surface area contributed by atoms with Crippen LogP contribution in [-0.4, -0.2) is 92.5 Å². The number of halogens is 9. The number of aromatic nitrogens is 6. The van der Waals surface area contributed by atoms with Crippen LogP contribution in [0.25, 0.3) is 21.9 Å². The summed E-state index contributed by atoms with van der Waals surface area (Å²) in [5.41, 5.74) is 30.7. The van der Waals surface area contributed by atoms with Crippen molar-refractivity contribution in [1.82, 2.24) is 50.6 Å². The number of hydrogen-bond acceptors (Lipinski definition) is 13. The molecule has 12 aromatic rings. The molecule has 10 N–H and O–H groups in total. The Bertz CT molecular complexity index is 5330. The Morgan fingerprint density at radius 1 is 0.443 bits per heavy atom. The van der Waals surface area contributed by atoms with Gasteiger partial charge in [0.15, 0.2) is 23.0 Å². The van der Waals surface area contributed by atoms with E-state index in [4.69, 9.17) is 44.2 Å². The summed E-state index contributed by atoms with van der Waals surface area (Å²) in [4.78, 5) is 43.8. The molecular weight excluding hydrogens is 1660 g/mol. The van der Waals surface area contributed by atoms with E-state index in [2.05, 4.69) is 60.5 Å². The first-order chi connectivity index (χ1) is 58.5. The standard InChI is InChI=1S/C31H31F2N3O.C30H26F2N4O.C30H30F2N4O.C4H13N3.3ClH.Ni/c1-3-21-6-5-9-26(16-21)36-29(14-20(2)35-36)30(37)17-23-7-4-8-24(15-23)31(34-19-22-10-11-22)27-13-12-25(32)18-28(27)33;1-19-13-28(36(35-19)25-8-4-7-24(17-25)33-2)29(37)15-21-5-3-6-22(14-21)30(34-18-20-9-10-20)26-12-11-23(31)16-27(26)32;1-19-12-28(36(35-19)25-7-3-5-22(14-25)17-33)29(37)15-21-4-2-6-23(13-21)30(34-18-20-8-9-20)26-11-10-24(31)16-27(26)32;5-1-3-7-4-2-6;;;;/h4-9,12-16,18,22,31,34H,3,10-11,17,19H2,1-2H3;3-8,11-14,16-17,20,30,34H,9-10,15,18H2,1H3;2-7,10-14,16,20,30,34H,8-9,15,17-18,33H2,1H3;7H,1-6H2;3*1H;/q;;;;;;;+2/p-2. The minimum absolute atomic E-state index is 0. The summed E-state index contributed by atoms with van der Waals surface area (Å²) in [6.45, 7) is 20.7. The van der Waals surface area contributed by atoms with Gasteiger partial charge < -0.3 is 38.5 Å². The third-order valence-corrected chi connectivity index (χ3v) is 20.8. The predicted molar refractivity (Wildman–Crippen MR) is 469 cm³/mol. The van der Waals surface area contributed by atoms with Gasteiger partial charge in [-0.15, -0.1) is 12.4 Å². The molecule has 0 aliphatic heterocycles. The molecule has 3 atom stereocenters. The number of hydrogen-bond donors (Lipinski definition) is 7. The van der Waals surface area contributed by atoms with Crippen molar-refractivity contribution in [3.8, 4) is 17.1 Å². The Labute approximate surface area is 729 Å². The van der Waals surface area contributed by atoms with E-state index < -0.39 is 53.0 Å². The fourth-order valence-corrected chi connectivity index (χ4v) is 14.2. The van der Waals surface area contributed by atoms with E-state index in [-0.39, 0.29) is 49.0 Å². The number of benzene rings is 9. The Morgan fingerprint density at radius 3 is 1.07 bits per heavy atom. The van der Waals surface area contributed by atoms with Crippen LogP contribution in [0.4, 0.5) is 32.0 Å². The summed E-state index contributed by atoms with van der Waals surface area (Å²) in [6, 6.07) is 60.5. The van der Waals surface area contributed by atoms with Crippen LogP contribution in [0.3, 0.4) is 0 Å². The zero-order chi connectivity index (χ0) is 86.1. The van der Waals surface area contributed by atoms with E-state index in [1.165, 1.54) is 42.0 Å². The number of aryl methyl sites for hydroxylation is 4. The zero-order valence-corrected chi connectivity index (χ0v) is 71.6. The van der Waals surface area contributed by atoms with Crippen molar-refractivity contribution in [2.75, 3.05) is 45.8 Å². The molecule has 3 heterocycles. The monoisotopic (exact) mass is 1760 g/mol. The molecule has 3 aliphatic rings. The van der Waals surface area contributed by atoms with E-state index >= 15 is 0 Å². The van der Waals surface area contributed by atoms with Gasteiger partial charge in [-0.2, -0.15) is 15.3 Å². The molecule has 642 valence electrons. The van der Waals surface area contributed by atoms with Crippen LogP contribution in [0.2, 0.25) is 0 Å². The molecule has 17 nitrogen and oxygen atoms in total. The van der Waals surface area contributed by atoms with Crippen molar-refractivity contribution in [2.24, 2.45) is 35.0 Å². The van der Waals surface area contributed by atoms with Crippen LogP contribution in [0.5, 0.6) is 0 Å². The second-order valence-electron chi connectivity index (χ2n) is 30.5. The van der Waals surface area contributed by atoms with Gasteiger partial charge in [0.05, 0.1) is 58.8 Å². The third-order valence-electron chi connectivity index (χ3n) is 20.8. The first kappa shape index (κ1) is 94.0. The van der Waals surface area contributed by atoms with Gasteiger partial charge in [-0.05, 0) is 220 Å². The molecule has 3 saturated carbocycles. The molecule has 0 bridgehead atoms. The van der Waals surface area contributed by atoms with Gasteiger partial charge in [0.1, 0.15) is 52.0 Å². The molecule has 9 aromatic carbocycles. The van der Waals surface area contributed by atoms with Crippen LogP contribution in [0, 0.1) is 80.0 Å². The molecular formula is C95H101Cl3F6N14NiO3. The first-order valence-corrected chi connectivity index (χ1v) is 43.2. The number of nitrogens with zero attached hydrogens (tertiary/aromatic N) is 7. The van der Waals surface area contributed by atoms with Crippen molar-refractivity contribution in [1.29, 1.82) is 0 Å². The van der Waals surface area contributed by atoms with Crippen molar-refractivity contribution >= 4 is 55.8 Å². The molecule has 27 heteroatoms. The van der Waals surface area contributed by atoms with Crippen LogP contribution in [0.15, 0.2) is 218 Å². The number of Topliss-reactive ketones (excluding diaryl/α,β-unsaturated/α-hetero) is 3. The number of carbonyl (C=O) groups is 3. The second-order valence-corrected chi connectivity index (χ2v) is 32.2. The molecule has 3 aromatic heterocycles. The van der Waals surface area contributed by atoms with Crippen LogP contribution in [-0.2, 0) is 44.9 Å². The van der Waals surface area contributed by atoms with Crippen LogP contribution in [0.1, 0.15) is 173 Å². The summed E-state index contributed by atoms with van der Waals surface area (Å²) >= 11 is 0.569. The molecule has 0 saturated heterocycles. The number of nitrogens with two attached hydrogens (primary N) is 3. The number of carbonyl (C=O) groups excluding carboxylic acids is 3. The van der Waals surface area contributed by atoms with Gasteiger partial charge >= 0.3 is 33.0 Å². The SMILES string of the molecule is CCc1cccc(-n2nc(C)cc2C(=O)Cc2cccc(C(NCC3CC3)c3ccc(F)cc3F)c2)c1.Cc1cc(C(=O)Cc2cccc(C(NCC3CC3)c3ccc(F)cc3F)c2)n(-c2cccc(CN)c2)n1.Cl.NCCNCCN.[C-]#[N+]c1cccc(-n2nc(C)cc2C(=O)Cc2cccc(C(NCC3CC3)c3ccc(F)cc3F)c2)c1.[Cl][Ni][Cl]. The molecule has 3 unspecified atom stereocenters. The summed E-state index contributed by atoms with van der Waals surface area (Å²) in [5, 5.41) is 27.0. The molecule has 15 rings (SSSR count). The van der Waals surface area contributed by atoms with E-state index in [9.17, 15) is 40.7 Å². The fraction of sp³-hybridized carbons (Fsp3) is 0.295. The molecule has 3 fully saturated rings. The Kier molecular flexibility index (Phi) is 35.7. The van der Waals surface area contributed by atoms with E-state index in [0.29, 0.717) is 101 Å². The molecule has 122 heavy (non-hydrogen) atoms. The predicted octanol–water partition coefficient (Wildman–Crippen LogP) is 18.8. The summed E-state index contributed by atoms with van der Waals surface area (Å²) in [6.07, 6.45) is 8.30. The van der Waals surface area contributed by atoms with Crippen LogP contribution >= 0.6 is 32.8 Å². The van der Waals surface area contributed by atoms with Crippen molar-refractivity contribution < 1.29 is 53.4 Å². The quantitative estimate of drug-likeness (QED) is 0.00667. The summed E-state index contributed by atoms with van der Waals surface area (Å²) in [7, 11) is 9.40. The van der Waals surface area contributed by atoms with Crippen molar-refractivity contribution in [2.45, 2.75) is 117 Å². The average molecular weight is 1770 g/mol. The number of ketones is 3. The number of rotatable bonds is 33. The van der Waals surface area contributed by atoms with Crippen molar-refractivity contribution in [3.05, 3.63) is 360 Å². The first-order valence-electron chi connectivity index (χ1n) is 40.5. The van der Waals surface area contributed by atoms with E-state index in [1.807, 2.05) is 142 Å². The number of nitrogens with one attached hydrogen (secondary N) is 4. The third kappa shape index (κ3) is 27.1. The maximum absolute atomic E-state index is 14.8. The second kappa shape index (κ2) is 46.3. The Hall–Kier alpha value is -10.2. The maximum atomic E-state index is 14.8. The molecule has 0 spiro atoms. The summed E-state index contributed by atoms with van der Waals surface area (Å²) < 4.78 is 90.0. The Balaban J connectivity index is 0.000000181. The van der Waals surface area contributed by atoms with E-state index in [1.54, 1.807) is 44.4 Å². The van der Waals surface area contributed by atoms with Gasteiger partial charge in [-0.25, -0.2) is 45.2 Å². The van der Waals surface area contributed by atoms with Gasteiger partial charge in [0.25, 0.3) is 0 Å². The molecule has 3 aliphatic carbocycles. The van der Waals surface area contributed by atoms with Crippen molar-refractivity contribution in [3.63, 3.8) is 0 Å². The van der Waals surface area contributed by atoms with Gasteiger partial charge in [-0.1, -0.05) is 134 Å². The van der Waals surface area contributed by atoms with Gasteiger partial charge in [0.2, 0.25) is 0 Å². The van der Waals surface area contributed by atoms with Gasteiger partial charge in [0, 0.05) is 86.9 Å². The topological polar surface area (TPSA) is 235 Å². The van der Waals surface area contributed by atoms with Gasteiger partial charge in [-0.3, -0.25) is 14.4 Å². The minimum atomic E-state index is -0.615. The zero-order valence-electron chi connectivity index (χ0n) is 68.3. The Morgan fingerprint density at radius 2 is 0.754 bits per heavy atom. The van der Waals surface area contributed by atoms with Crippen LogP contribution < -0.4 is 38.5 Å². The molecule has 0 amide bonds. The average Bonchev–Trinajstić information content (AvgIpc) is 1.15. The normalized spacial score (nSPS) is 13.4. The molecule has 0 radical (unpaired) electrons.